The van der Waals surface area contributed by atoms with Gasteiger partial charge in [0.25, 0.3) is 0 Å². The van der Waals surface area contributed by atoms with Crippen LogP contribution >= 0.6 is 0 Å². The summed E-state index contributed by atoms with van der Waals surface area (Å²) in [4.78, 5) is 2.26. The van der Waals surface area contributed by atoms with Gasteiger partial charge in [0.2, 0.25) is 0 Å². The van der Waals surface area contributed by atoms with Gasteiger partial charge in [0.05, 0.1) is 0 Å². The maximum Gasteiger partial charge on any atom is 0.0332 e. The lowest BCUT2D eigenvalue weighted by Gasteiger charge is -2.27. The Balaban J connectivity index is 2.06. The third-order valence-electron chi connectivity index (χ3n) is 4.21. The minimum Gasteiger partial charge on any atom is -0.310 e. The van der Waals surface area contributed by atoms with E-state index in [4.69, 9.17) is 0 Å². The fraction of sp³-hybridized carbons (Fsp3) is 0.647. The number of hydrogen-bond donors (Lipinski definition) is 1. The Morgan fingerprint density at radius 2 is 2.11 bits per heavy atom. The highest BCUT2D eigenvalue weighted by molar-refractivity contribution is 5.29. The molecular weight excluding hydrogens is 232 g/mol. The van der Waals surface area contributed by atoms with Gasteiger partial charge in [0.15, 0.2) is 0 Å². The van der Waals surface area contributed by atoms with Crippen LogP contribution in [0.2, 0.25) is 0 Å². The molecule has 1 unspecified atom stereocenters. The van der Waals surface area contributed by atoms with Crippen molar-refractivity contribution >= 4 is 0 Å². The highest BCUT2D eigenvalue weighted by Crippen LogP contribution is 2.37. The van der Waals surface area contributed by atoms with Crippen LogP contribution in [0.15, 0.2) is 24.3 Å². The molecule has 1 aromatic carbocycles. The molecule has 0 heterocycles. The molecule has 1 aliphatic carbocycles. The van der Waals surface area contributed by atoms with Crippen molar-refractivity contribution in [1.82, 2.24) is 10.2 Å². The summed E-state index contributed by atoms with van der Waals surface area (Å²) in [5.74, 6) is 0.830. The van der Waals surface area contributed by atoms with Gasteiger partial charge in [-0.2, -0.15) is 0 Å². The molecule has 0 bridgehead atoms. The fourth-order valence-corrected chi connectivity index (χ4v) is 2.79. The van der Waals surface area contributed by atoms with Crippen LogP contribution in [0, 0.1) is 0 Å². The van der Waals surface area contributed by atoms with Crippen LogP contribution in [0.25, 0.3) is 0 Å². The van der Waals surface area contributed by atoms with Crippen molar-refractivity contribution in [2.24, 2.45) is 0 Å². The van der Waals surface area contributed by atoms with Gasteiger partial charge in [0, 0.05) is 6.04 Å². The van der Waals surface area contributed by atoms with Crippen LogP contribution in [0.3, 0.4) is 0 Å². The Labute approximate surface area is 118 Å². The first-order chi connectivity index (χ1) is 9.20. The third kappa shape index (κ3) is 4.05. The van der Waals surface area contributed by atoms with E-state index >= 15 is 0 Å². The van der Waals surface area contributed by atoms with Crippen LogP contribution in [0.1, 0.15) is 55.7 Å². The van der Waals surface area contributed by atoms with E-state index in [1.807, 2.05) is 0 Å². The molecule has 0 aromatic heterocycles. The first-order valence-corrected chi connectivity index (χ1v) is 7.68. The molecule has 1 saturated carbocycles. The monoisotopic (exact) mass is 260 g/mol. The summed E-state index contributed by atoms with van der Waals surface area (Å²) in [6, 6.07) is 9.76. The van der Waals surface area contributed by atoms with Gasteiger partial charge >= 0.3 is 0 Å². The van der Waals surface area contributed by atoms with Crippen LogP contribution in [0.5, 0.6) is 0 Å². The zero-order chi connectivity index (χ0) is 13.7. The summed E-state index contributed by atoms with van der Waals surface area (Å²) in [5.41, 5.74) is 3.02. The second-order valence-electron chi connectivity index (χ2n) is 6.00. The highest BCUT2D eigenvalue weighted by atomic mass is 15.1. The molecule has 0 saturated heterocycles. The maximum atomic E-state index is 3.63. The lowest BCUT2D eigenvalue weighted by atomic mass is 9.79. The summed E-state index contributed by atoms with van der Waals surface area (Å²) in [6.07, 6.45) is 5.35. The molecule has 1 aliphatic rings. The molecule has 0 radical (unpaired) electrons. The molecule has 0 amide bonds. The second kappa shape index (κ2) is 7.06. The van der Waals surface area contributed by atoms with Gasteiger partial charge in [-0.25, -0.2) is 0 Å². The molecule has 1 atom stereocenters. The topological polar surface area (TPSA) is 15.3 Å². The first kappa shape index (κ1) is 14.5. The lowest BCUT2D eigenvalue weighted by molar-refractivity contribution is 0.362. The Morgan fingerprint density at radius 1 is 1.32 bits per heavy atom. The second-order valence-corrected chi connectivity index (χ2v) is 6.00. The number of rotatable bonds is 7. The van der Waals surface area contributed by atoms with Gasteiger partial charge in [0.1, 0.15) is 0 Å². The molecule has 1 aromatic rings. The van der Waals surface area contributed by atoms with Crippen LogP contribution in [-0.4, -0.2) is 32.1 Å². The molecule has 2 nitrogen and oxygen atoms in total. The number of benzene rings is 1. The molecule has 0 aliphatic heterocycles. The molecule has 19 heavy (non-hydrogen) atoms. The predicted octanol–water partition coefficient (Wildman–Crippen LogP) is 3.56. The SMILES string of the molecule is CCNC(CCN(C)C)c1cccc(C2CCC2)c1. The summed E-state index contributed by atoms with van der Waals surface area (Å²) in [6.45, 7) is 4.36. The largest absolute Gasteiger partial charge is 0.310 e. The van der Waals surface area contributed by atoms with E-state index < -0.39 is 0 Å². The predicted molar refractivity (Wildman–Crippen MR) is 82.6 cm³/mol. The van der Waals surface area contributed by atoms with Gasteiger partial charge in [-0.1, -0.05) is 37.6 Å². The van der Waals surface area contributed by atoms with E-state index in [2.05, 4.69) is 55.5 Å². The van der Waals surface area contributed by atoms with E-state index in [1.165, 1.54) is 31.2 Å². The van der Waals surface area contributed by atoms with E-state index in [0.29, 0.717) is 6.04 Å². The lowest BCUT2D eigenvalue weighted by Crippen LogP contribution is -2.25. The number of hydrogen-bond acceptors (Lipinski definition) is 2. The van der Waals surface area contributed by atoms with Crippen LogP contribution in [0.4, 0.5) is 0 Å². The quantitative estimate of drug-likeness (QED) is 0.806. The smallest absolute Gasteiger partial charge is 0.0332 e. The number of nitrogens with zero attached hydrogens (tertiary/aromatic N) is 1. The van der Waals surface area contributed by atoms with Gasteiger partial charge in [-0.05, 0) is 63.5 Å². The van der Waals surface area contributed by atoms with Crippen molar-refractivity contribution in [2.75, 3.05) is 27.2 Å². The Kier molecular flexibility index (Phi) is 5.41. The molecular formula is C17H28N2. The van der Waals surface area contributed by atoms with Gasteiger partial charge in [-0.15, -0.1) is 0 Å². The minimum absolute atomic E-state index is 0.493. The van der Waals surface area contributed by atoms with Crippen molar-refractivity contribution in [1.29, 1.82) is 0 Å². The molecule has 2 rings (SSSR count). The normalized spacial score (nSPS) is 17.5. The van der Waals surface area contributed by atoms with E-state index in [0.717, 1.165) is 19.0 Å². The Hall–Kier alpha value is -0.860. The van der Waals surface area contributed by atoms with Crippen molar-refractivity contribution < 1.29 is 0 Å². The van der Waals surface area contributed by atoms with Gasteiger partial charge in [-0.3, -0.25) is 0 Å². The highest BCUT2D eigenvalue weighted by Gasteiger charge is 2.20. The van der Waals surface area contributed by atoms with Crippen molar-refractivity contribution in [2.45, 2.75) is 44.6 Å². The van der Waals surface area contributed by atoms with Crippen LogP contribution < -0.4 is 5.32 Å². The maximum absolute atomic E-state index is 3.63. The summed E-state index contributed by atoms with van der Waals surface area (Å²) in [7, 11) is 4.29. The Bertz CT molecular complexity index is 383. The summed E-state index contributed by atoms with van der Waals surface area (Å²) >= 11 is 0. The summed E-state index contributed by atoms with van der Waals surface area (Å²) in [5, 5.41) is 3.63. The molecule has 1 fully saturated rings. The standard InChI is InChI=1S/C17H28N2/c1-4-18-17(11-12-19(2)3)16-10-6-9-15(13-16)14-7-5-8-14/h6,9-10,13-14,17-18H,4-5,7-8,11-12H2,1-3H3. The van der Waals surface area contributed by atoms with Crippen molar-refractivity contribution in [3.05, 3.63) is 35.4 Å². The summed E-state index contributed by atoms with van der Waals surface area (Å²) < 4.78 is 0. The van der Waals surface area contributed by atoms with E-state index in [1.54, 1.807) is 5.56 Å². The molecule has 106 valence electrons. The zero-order valence-electron chi connectivity index (χ0n) is 12.7. The zero-order valence-corrected chi connectivity index (χ0v) is 12.7. The fourth-order valence-electron chi connectivity index (χ4n) is 2.79. The van der Waals surface area contributed by atoms with Crippen molar-refractivity contribution in [3.63, 3.8) is 0 Å². The van der Waals surface area contributed by atoms with Gasteiger partial charge < -0.3 is 10.2 Å². The third-order valence-corrected chi connectivity index (χ3v) is 4.21. The number of nitrogens with one attached hydrogen (secondary N) is 1. The Morgan fingerprint density at radius 3 is 2.68 bits per heavy atom. The first-order valence-electron chi connectivity index (χ1n) is 7.68. The van der Waals surface area contributed by atoms with Crippen molar-refractivity contribution in [3.8, 4) is 0 Å². The average Bonchev–Trinajstić information content (AvgIpc) is 2.32. The average molecular weight is 260 g/mol. The molecule has 1 N–H and O–H groups in total. The minimum atomic E-state index is 0.493. The molecule has 2 heteroatoms. The van der Waals surface area contributed by atoms with Crippen LogP contribution in [-0.2, 0) is 0 Å². The van der Waals surface area contributed by atoms with E-state index in [9.17, 15) is 0 Å². The molecule has 0 spiro atoms. The van der Waals surface area contributed by atoms with E-state index in [-0.39, 0.29) is 0 Å².